The molecule has 0 radical (unpaired) electrons. The number of nitrogens with one attached hydrogen (secondary N) is 1. The predicted molar refractivity (Wildman–Crippen MR) is 73.0 cm³/mol. The topological polar surface area (TPSA) is 24.9 Å². The van der Waals surface area contributed by atoms with Gasteiger partial charge in [0.2, 0.25) is 0 Å². The van der Waals surface area contributed by atoms with Crippen LogP contribution >= 0.6 is 27.3 Å². The lowest BCUT2D eigenvalue weighted by Crippen LogP contribution is -1.96. The summed E-state index contributed by atoms with van der Waals surface area (Å²) in [4.78, 5) is 5.61. The summed E-state index contributed by atoms with van der Waals surface area (Å²) in [5.74, 6) is 0. The third kappa shape index (κ3) is 3.06. The van der Waals surface area contributed by atoms with Gasteiger partial charge in [-0.3, -0.25) is 0 Å². The van der Waals surface area contributed by atoms with Crippen molar-refractivity contribution in [3.63, 3.8) is 0 Å². The first-order chi connectivity index (χ1) is 7.78. The van der Waals surface area contributed by atoms with Crippen LogP contribution in [0.25, 0.3) is 0 Å². The van der Waals surface area contributed by atoms with Gasteiger partial charge in [0.25, 0.3) is 0 Å². The van der Waals surface area contributed by atoms with Gasteiger partial charge in [-0.2, -0.15) is 0 Å². The van der Waals surface area contributed by atoms with Gasteiger partial charge >= 0.3 is 0 Å². The molecule has 0 aliphatic carbocycles. The van der Waals surface area contributed by atoms with Crippen molar-refractivity contribution in [2.45, 2.75) is 19.9 Å². The Labute approximate surface area is 108 Å². The highest BCUT2D eigenvalue weighted by molar-refractivity contribution is 9.10. The monoisotopic (exact) mass is 296 g/mol. The van der Waals surface area contributed by atoms with Gasteiger partial charge in [-0.05, 0) is 30.7 Å². The number of halogens is 1. The van der Waals surface area contributed by atoms with Crippen molar-refractivity contribution < 1.29 is 0 Å². The Kier molecular flexibility index (Phi) is 3.96. The fourth-order valence-electron chi connectivity index (χ4n) is 1.35. The molecular formula is C12H13BrN2S. The fraction of sp³-hybridized carbons (Fsp3) is 0.250. The van der Waals surface area contributed by atoms with E-state index in [1.165, 1.54) is 9.88 Å². The molecule has 16 heavy (non-hydrogen) atoms. The standard InChI is InChI=1S/C12H13BrN2S/c1-2-12-15-8-11(16-12)7-14-10-5-3-9(13)4-6-10/h3-6,8,14H,2,7H2,1H3. The largest absolute Gasteiger partial charge is 0.380 e. The maximum absolute atomic E-state index is 4.33. The number of thiazole rings is 1. The number of rotatable bonds is 4. The average Bonchev–Trinajstić information content (AvgIpc) is 2.76. The molecule has 1 aromatic carbocycles. The lowest BCUT2D eigenvalue weighted by molar-refractivity contribution is 1.09. The highest BCUT2D eigenvalue weighted by atomic mass is 79.9. The molecule has 2 nitrogen and oxygen atoms in total. The van der Waals surface area contributed by atoms with E-state index in [-0.39, 0.29) is 0 Å². The molecule has 0 bridgehead atoms. The van der Waals surface area contributed by atoms with Crippen LogP contribution < -0.4 is 5.32 Å². The van der Waals surface area contributed by atoms with E-state index in [1.807, 2.05) is 18.3 Å². The summed E-state index contributed by atoms with van der Waals surface area (Å²) >= 11 is 5.19. The molecule has 0 spiro atoms. The lowest BCUT2D eigenvalue weighted by atomic mass is 10.3. The molecule has 1 heterocycles. The van der Waals surface area contributed by atoms with Gasteiger partial charge in [0.05, 0.1) is 11.6 Å². The van der Waals surface area contributed by atoms with Crippen LogP contribution in [0.15, 0.2) is 34.9 Å². The molecular weight excluding hydrogens is 284 g/mol. The van der Waals surface area contributed by atoms with Crippen LogP contribution in [0, 0.1) is 0 Å². The number of aryl methyl sites for hydroxylation is 1. The van der Waals surface area contributed by atoms with Crippen molar-refractivity contribution >= 4 is 33.0 Å². The highest BCUT2D eigenvalue weighted by Gasteiger charge is 1.99. The molecule has 0 fully saturated rings. The Hall–Kier alpha value is -0.870. The Balaban J connectivity index is 1.94. The van der Waals surface area contributed by atoms with Crippen LogP contribution in [-0.4, -0.2) is 4.98 Å². The molecule has 0 saturated heterocycles. The minimum atomic E-state index is 0.847. The second-order valence-electron chi connectivity index (χ2n) is 3.43. The summed E-state index contributed by atoms with van der Waals surface area (Å²) in [5, 5.41) is 4.58. The van der Waals surface area contributed by atoms with E-state index in [1.54, 1.807) is 11.3 Å². The maximum Gasteiger partial charge on any atom is 0.0925 e. The third-order valence-corrected chi connectivity index (χ3v) is 3.89. The van der Waals surface area contributed by atoms with Gasteiger partial charge in [0, 0.05) is 21.2 Å². The molecule has 0 unspecified atom stereocenters. The quantitative estimate of drug-likeness (QED) is 0.919. The smallest absolute Gasteiger partial charge is 0.0925 e. The summed E-state index contributed by atoms with van der Waals surface area (Å²) in [6.45, 7) is 2.98. The predicted octanol–water partition coefficient (Wildman–Crippen LogP) is 4.08. The Morgan fingerprint density at radius 3 is 2.69 bits per heavy atom. The van der Waals surface area contributed by atoms with Gasteiger partial charge in [0.1, 0.15) is 0 Å². The number of benzene rings is 1. The zero-order chi connectivity index (χ0) is 11.4. The summed E-state index contributed by atoms with van der Waals surface area (Å²) < 4.78 is 1.10. The average molecular weight is 297 g/mol. The number of hydrogen-bond acceptors (Lipinski definition) is 3. The number of anilines is 1. The van der Waals surface area contributed by atoms with Crippen molar-refractivity contribution in [1.82, 2.24) is 4.98 Å². The second kappa shape index (κ2) is 5.46. The van der Waals surface area contributed by atoms with E-state index in [4.69, 9.17) is 0 Å². The minimum absolute atomic E-state index is 0.847. The van der Waals surface area contributed by atoms with Crippen LogP contribution in [-0.2, 0) is 13.0 Å². The fourth-order valence-corrected chi connectivity index (χ4v) is 2.42. The van der Waals surface area contributed by atoms with Crippen molar-refractivity contribution in [1.29, 1.82) is 0 Å². The summed E-state index contributed by atoms with van der Waals surface area (Å²) in [6.07, 6.45) is 2.97. The van der Waals surface area contributed by atoms with Crippen LogP contribution in [0.1, 0.15) is 16.8 Å². The molecule has 0 amide bonds. The lowest BCUT2D eigenvalue weighted by Gasteiger charge is -2.03. The first-order valence-corrected chi connectivity index (χ1v) is 6.82. The van der Waals surface area contributed by atoms with E-state index >= 15 is 0 Å². The van der Waals surface area contributed by atoms with Crippen LogP contribution in [0.3, 0.4) is 0 Å². The van der Waals surface area contributed by atoms with Gasteiger partial charge in [-0.1, -0.05) is 22.9 Å². The van der Waals surface area contributed by atoms with Gasteiger partial charge in [-0.25, -0.2) is 4.98 Å². The van der Waals surface area contributed by atoms with Gasteiger partial charge in [0.15, 0.2) is 0 Å². The SMILES string of the molecule is CCc1ncc(CNc2ccc(Br)cc2)s1. The normalized spacial score (nSPS) is 10.4. The molecule has 84 valence electrons. The van der Waals surface area contributed by atoms with E-state index < -0.39 is 0 Å². The maximum atomic E-state index is 4.33. The van der Waals surface area contributed by atoms with E-state index in [0.29, 0.717) is 0 Å². The number of hydrogen-bond donors (Lipinski definition) is 1. The van der Waals surface area contributed by atoms with Crippen LogP contribution in [0.2, 0.25) is 0 Å². The number of nitrogens with zero attached hydrogens (tertiary/aromatic N) is 1. The van der Waals surface area contributed by atoms with Crippen molar-refractivity contribution in [3.8, 4) is 0 Å². The second-order valence-corrected chi connectivity index (χ2v) is 5.55. The van der Waals surface area contributed by atoms with Crippen molar-refractivity contribution in [3.05, 3.63) is 44.8 Å². The van der Waals surface area contributed by atoms with E-state index in [9.17, 15) is 0 Å². The summed E-state index contributed by atoms with van der Waals surface area (Å²) in [6, 6.07) is 8.19. The molecule has 0 aliphatic rings. The first kappa shape index (κ1) is 11.6. The van der Waals surface area contributed by atoms with Crippen molar-refractivity contribution in [2.75, 3.05) is 5.32 Å². The molecule has 0 atom stereocenters. The van der Waals surface area contributed by atoms with Crippen LogP contribution in [0.4, 0.5) is 5.69 Å². The first-order valence-electron chi connectivity index (χ1n) is 5.21. The Morgan fingerprint density at radius 1 is 1.31 bits per heavy atom. The van der Waals surface area contributed by atoms with Crippen molar-refractivity contribution in [2.24, 2.45) is 0 Å². The number of aromatic nitrogens is 1. The Bertz CT molecular complexity index is 450. The highest BCUT2D eigenvalue weighted by Crippen LogP contribution is 2.17. The zero-order valence-corrected chi connectivity index (χ0v) is 11.4. The van der Waals surface area contributed by atoms with Gasteiger partial charge < -0.3 is 5.32 Å². The van der Waals surface area contributed by atoms with E-state index in [0.717, 1.165) is 23.1 Å². The molecule has 1 aromatic heterocycles. The minimum Gasteiger partial charge on any atom is -0.380 e. The molecule has 0 aliphatic heterocycles. The Morgan fingerprint density at radius 2 is 2.06 bits per heavy atom. The molecule has 1 N–H and O–H groups in total. The molecule has 2 rings (SSSR count). The molecule has 2 aromatic rings. The summed E-state index contributed by atoms with van der Waals surface area (Å²) in [5.41, 5.74) is 1.13. The van der Waals surface area contributed by atoms with Crippen LogP contribution in [0.5, 0.6) is 0 Å². The summed E-state index contributed by atoms with van der Waals surface area (Å²) in [7, 11) is 0. The molecule has 0 saturated carbocycles. The zero-order valence-electron chi connectivity index (χ0n) is 9.03. The van der Waals surface area contributed by atoms with Gasteiger partial charge in [-0.15, -0.1) is 11.3 Å². The van der Waals surface area contributed by atoms with E-state index in [2.05, 4.69) is 45.3 Å². The third-order valence-electron chi connectivity index (χ3n) is 2.21. The molecule has 4 heteroatoms.